The van der Waals surface area contributed by atoms with Crippen LogP contribution in [0.3, 0.4) is 0 Å². The van der Waals surface area contributed by atoms with Crippen molar-refractivity contribution in [2.24, 2.45) is 0 Å². The molecule has 18 N–H and O–H groups in total. The number of rotatable bonds is 6. The highest BCUT2D eigenvalue weighted by Crippen LogP contribution is 2.39. The summed E-state index contributed by atoms with van der Waals surface area (Å²) in [5, 5.41) is 14.3. The Bertz CT molecular complexity index is 6150. The van der Waals surface area contributed by atoms with Gasteiger partial charge in [0.05, 0.1) is 80.5 Å². The Labute approximate surface area is 702 Å². The number of imide groups is 6. The van der Waals surface area contributed by atoms with Gasteiger partial charge in [0.2, 0.25) is 35.4 Å². The van der Waals surface area contributed by atoms with Gasteiger partial charge in [-0.15, -0.1) is 0 Å². The highest BCUT2D eigenvalue weighted by Gasteiger charge is 2.51. The number of amides is 18. The first-order valence-electron chi connectivity index (χ1n) is 43.0. The minimum atomic E-state index is -2.20. The Hall–Kier alpha value is -15.8. The zero-order valence-electron chi connectivity index (χ0n) is 76.9. The SMILES string of the molecule is [2H]C1([2H])CC(=C)NC(=O)[C@@H]1N1C(=O)c2cccc(N)c2C1=O.[2H]C1([2H])CC(=C)NC(=O)[C@H]1N1C(=O)c2cccc(N)c2C1=O.[2H][C@@]1(N2C(=O)c3cccc(N)c3C2=O)CCC(=C)NC1=O.[2H][C@]1(N2C(=O)c3cccc(N)c3C2=O)CCC(=C)NC1=O.[2H]c1c([2H])c(N)c2c(c1[2H])C(=O)N([C@@]1([2H])CCC(=C)NC1=O)C2=O.[2H]c1c([2H])c(N)c2c(c1[2H])C(=O)N([C@]1([2H])CCC(=C)NC1=O)C2=O. The number of carbonyl (C=O) groups excluding carboxylic acids is 18. The number of fused-ring (bicyclic) bond motifs is 6. The van der Waals surface area contributed by atoms with Crippen LogP contribution in [0.5, 0.6) is 0 Å². The molecule has 18 rings (SSSR count). The number of hydrogen-bond acceptors (Lipinski definition) is 24. The highest BCUT2D eigenvalue weighted by atomic mass is 16.2. The summed E-state index contributed by atoms with van der Waals surface area (Å²) in [5.41, 5.74) is 35.1. The van der Waals surface area contributed by atoms with Crippen LogP contribution in [0.1, 0.15) is 220 Å². The molecule has 36 heteroatoms. The van der Waals surface area contributed by atoms with Gasteiger partial charge in [0, 0.05) is 73.8 Å². The number of carbonyl (C=O) groups is 18. The molecule has 0 aromatic heterocycles. The topological polar surface area (TPSA) is 555 Å². The molecule has 6 atom stereocenters. The van der Waals surface area contributed by atoms with Gasteiger partial charge in [-0.3, -0.25) is 116 Å². The van der Waals surface area contributed by atoms with Crippen molar-refractivity contribution >= 4 is 140 Å². The van der Waals surface area contributed by atoms with Crippen LogP contribution in [0.2, 0.25) is 0 Å². The Morgan fingerprint density at radius 2 is 0.483 bits per heavy atom. The predicted octanol–water partition coefficient (Wildman–Crippen LogP) is 3.94. The molecule has 12 aliphatic rings. The molecule has 0 saturated carbocycles. The second-order valence-corrected chi connectivity index (χ2v) is 27.7. The van der Waals surface area contributed by atoms with Crippen LogP contribution in [0.4, 0.5) is 34.1 Å². The normalized spacial score (nSPS) is 27.0. The third-order valence-electron chi connectivity index (χ3n) is 19.9. The third kappa shape index (κ3) is 14.8. The van der Waals surface area contributed by atoms with Crippen LogP contribution in [0, 0.1) is 0 Å². The van der Waals surface area contributed by atoms with E-state index < -0.39 is 225 Å². The Balaban J connectivity index is 0.000000136. The molecule has 36 nitrogen and oxygen atoms in total. The van der Waals surface area contributed by atoms with Gasteiger partial charge in [-0.2, -0.15) is 0 Å². The van der Waals surface area contributed by atoms with Crippen LogP contribution < -0.4 is 66.3 Å². The summed E-state index contributed by atoms with van der Waals surface area (Å²) in [4.78, 5) is 227. The van der Waals surface area contributed by atoms with Crippen LogP contribution in [-0.2, 0) is 28.8 Å². The van der Waals surface area contributed by atoms with Crippen molar-refractivity contribution in [2.75, 3.05) is 34.4 Å². The van der Waals surface area contributed by atoms with Gasteiger partial charge in [-0.1, -0.05) is 75.8 Å². The fraction of sp³-hybridized carbons (Fsp3) is 0.214. The first kappa shape index (κ1) is 65.5. The summed E-state index contributed by atoms with van der Waals surface area (Å²) in [7, 11) is 0. The standard InChI is InChI=1S/6C14H13N3O3/c6*1-7-5-6-10(12(18)16-7)17-13(19)8-3-2-4-9(15)11(8)14(17)20/h6*2-4,10H,1,5-6,15H2,(H,16,18)/t6*10-/m111000/s1/i2D,3D,4D,10D;10D;6D2;2D,3D,4D,10D;10D;6D2. The Morgan fingerprint density at radius 3 is 0.717 bits per heavy atom. The molecule has 18 amide bonds. The number of nitrogens with zero attached hydrogens (tertiary/aromatic N) is 6. The smallest absolute Gasteiger partial charge is 0.264 e. The molecule has 12 heterocycles. The monoisotopic (exact) mass is 1640 g/mol. The average molecular weight is 1640 g/mol. The van der Waals surface area contributed by atoms with Gasteiger partial charge >= 0.3 is 0 Å². The quantitative estimate of drug-likeness (QED) is 0.0829. The molecule has 0 radical (unpaired) electrons. The van der Waals surface area contributed by atoms with Gasteiger partial charge < -0.3 is 66.3 Å². The predicted molar refractivity (Wildman–Crippen MR) is 430 cm³/mol. The second kappa shape index (κ2) is 32.5. The van der Waals surface area contributed by atoms with Crippen molar-refractivity contribution in [3.63, 3.8) is 0 Å². The van der Waals surface area contributed by atoms with Gasteiger partial charge in [0.15, 0.2) is 0 Å². The van der Waals surface area contributed by atoms with Crippen molar-refractivity contribution in [1.82, 2.24) is 61.3 Å². The summed E-state index contributed by atoms with van der Waals surface area (Å²) in [5.74, 6) is -14.5. The van der Waals surface area contributed by atoms with E-state index in [2.05, 4.69) is 71.4 Å². The van der Waals surface area contributed by atoms with Crippen LogP contribution in [-0.4, -0.2) is 172 Å². The van der Waals surface area contributed by atoms with Crippen molar-refractivity contribution in [3.05, 3.63) is 249 Å². The van der Waals surface area contributed by atoms with Gasteiger partial charge in [0.1, 0.15) is 36.2 Å². The lowest BCUT2D eigenvalue weighted by molar-refractivity contribution is -0.126. The molecule has 0 spiro atoms. The lowest BCUT2D eigenvalue weighted by atomic mass is 10.0. The van der Waals surface area contributed by atoms with E-state index in [1.165, 1.54) is 60.7 Å². The number of nitrogen functional groups attached to an aromatic ring is 6. The van der Waals surface area contributed by atoms with Crippen molar-refractivity contribution in [3.8, 4) is 0 Å². The van der Waals surface area contributed by atoms with E-state index >= 15 is 0 Å². The van der Waals surface area contributed by atoms with Crippen LogP contribution in [0.15, 0.2) is 183 Å². The van der Waals surface area contributed by atoms with E-state index in [1.54, 1.807) is 12.1 Å². The maximum absolute atomic E-state index is 12.7. The van der Waals surface area contributed by atoms with Crippen molar-refractivity contribution in [2.45, 2.75) is 113 Å². The highest BCUT2D eigenvalue weighted by molar-refractivity contribution is 6.29. The number of allylic oxidation sites excluding steroid dienone is 6. The zero-order valence-corrected chi connectivity index (χ0v) is 62.9. The summed E-state index contributed by atoms with van der Waals surface area (Å²) < 4.78 is 112. The molecule has 612 valence electrons. The number of nitrogens with one attached hydrogen (secondary N) is 6. The molecule has 6 aromatic carbocycles. The summed E-state index contributed by atoms with van der Waals surface area (Å²) in [6, 6.07) is 3.01. The van der Waals surface area contributed by atoms with E-state index in [4.69, 9.17) is 53.6 Å². The molecule has 12 aliphatic heterocycles. The molecular weight excluding hydrogens is 1550 g/mol. The first-order chi connectivity index (χ1) is 62.4. The Kier molecular flexibility index (Phi) is 17.7. The lowest BCUT2D eigenvalue weighted by Crippen LogP contribution is -2.51. The summed E-state index contributed by atoms with van der Waals surface area (Å²) in [6.45, 7) is 21.5. The number of anilines is 6. The lowest BCUT2D eigenvalue weighted by Gasteiger charge is -2.29. The maximum Gasteiger partial charge on any atom is 0.264 e. The third-order valence-corrected chi connectivity index (χ3v) is 19.9. The Morgan fingerprint density at radius 1 is 0.275 bits per heavy atom. The van der Waals surface area contributed by atoms with Crippen LogP contribution in [0.25, 0.3) is 0 Å². The second-order valence-electron chi connectivity index (χ2n) is 27.7. The minimum Gasteiger partial charge on any atom is -0.398 e. The number of nitrogens with two attached hydrogens (primary N) is 6. The molecule has 6 fully saturated rings. The van der Waals surface area contributed by atoms with Crippen LogP contribution >= 0.6 is 0 Å². The van der Waals surface area contributed by atoms with E-state index in [9.17, 15) is 86.3 Å². The van der Waals surface area contributed by atoms with E-state index in [0.717, 1.165) is 0 Å². The van der Waals surface area contributed by atoms with E-state index in [1.807, 2.05) is 0 Å². The van der Waals surface area contributed by atoms with Crippen molar-refractivity contribution in [1.29, 1.82) is 0 Å². The molecule has 6 aromatic rings. The number of hydrogen-bond donors (Lipinski definition) is 12. The molecule has 120 heavy (non-hydrogen) atoms. The van der Waals surface area contributed by atoms with Crippen molar-refractivity contribution < 1.29 is 105 Å². The fourth-order valence-electron chi connectivity index (χ4n) is 14.2. The maximum atomic E-state index is 12.7. The van der Waals surface area contributed by atoms with Gasteiger partial charge in [-0.25, -0.2) is 0 Å². The number of benzene rings is 6. The van der Waals surface area contributed by atoms with E-state index in [0.29, 0.717) is 65.0 Å². The molecule has 6 saturated heterocycles. The molecule has 0 aliphatic carbocycles. The average Bonchev–Trinajstić information content (AvgIpc) is 1.55. The first-order valence-corrected chi connectivity index (χ1v) is 36.0. The van der Waals surface area contributed by atoms with Gasteiger partial charge in [0.25, 0.3) is 70.9 Å². The zero-order chi connectivity index (χ0) is 99.1. The summed E-state index contributed by atoms with van der Waals surface area (Å²) >= 11 is 0. The summed E-state index contributed by atoms with van der Waals surface area (Å²) in [6.07, 6.45) is -3.71. The molecule has 0 unspecified atom stereocenters. The fourth-order valence-corrected chi connectivity index (χ4v) is 14.2. The minimum absolute atomic E-state index is 0.0144. The van der Waals surface area contributed by atoms with Gasteiger partial charge in [-0.05, 0) is 150 Å². The molecule has 0 bridgehead atoms. The van der Waals surface area contributed by atoms with E-state index in [-0.39, 0.29) is 130 Å². The number of piperidine rings is 6. The largest absolute Gasteiger partial charge is 0.398 e. The molecular formula is C84H78N18O18.